The second kappa shape index (κ2) is 7.57. The number of benzene rings is 1. The number of hydrogen-bond acceptors (Lipinski definition) is 2. The molecule has 20 heavy (non-hydrogen) atoms. The molecule has 0 saturated carbocycles. The standard InChI is InChI=1S/C14H17F2NO3/c1-2-17(9-14(19)20)13(18)5-3-4-10-6-7-11(15)12(16)8-10/h6-8H,2-5,9H2,1H3,(H,19,20). The molecule has 1 aromatic carbocycles. The van der Waals surface area contributed by atoms with E-state index in [4.69, 9.17) is 5.11 Å². The maximum absolute atomic E-state index is 13.0. The molecule has 0 aliphatic heterocycles. The molecule has 110 valence electrons. The average Bonchev–Trinajstić information content (AvgIpc) is 2.39. The van der Waals surface area contributed by atoms with Crippen molar-refractivity contribution in [2.24, 2.45) is 0 Å². The van der Waals surface area contributed by atoms with Crippen molar-refractivity contribution >= 4 is 11.9 Å². The summed E-state index contributed by atoms with van der Waals surface area (Å²) < 4.78 is 25.7. The Balaban J connectivity index is 2.44. The lowest BCUT2D eigenvalue weighted by Crippen LogP contribution is -2.35. The smallest absolute Gasteiger partial charge is 0.323 e. The van der Waals surface area contributed by atoms with Crippen molar-refractivity contribution in [2.45, 2.75) is 26.2 Å². The van der Waals surface area contributed by atoms with E-state index in [1.165, 1.54) is 11.0 Å². The van der Waals surface area contributed by atoms with Gasteiger partial charge in [0, 0.05) is 13.0 Å². The van der Waals surface area contributed by atoms with Gasteiger partial charge in [-0.25, -0.2) is 8.78 Å². The largest absolute Gasteiger partial charge is 0.480 e. The van der Waals surface area contributed by atoms with Crippen molar-refractivity contribution in [3.8, 4) is 0 Å². The van der Waals surface area contributed by atoms with Gasteiger partial charge in [-0.15, -0.1) is 0 Å². The number of amides is 1. The normalized spacial score (nSPS) is 10.3. The van der Waals surface area contributed by atoms with E-state index in [0.29, 0.717) is 24.9 Å². The van der Waals surface area contributed by atoms with Crippen LogP contribution in [0.15, 0.2) is 18.2 Å². The van der Waals surface area contributed by atoms with E-state index >= 15 is 0 Å². The first-order chi connectivity index (χ1) is 9.43. The van der Waals surface area contributed by atoms with Gasteiger partial charge in [-0.3, -0.25) is 9.59 Å². The zero-order valence-corrected chi connectivity index (χ0v) is 11.2. The summed E-state index contributed by atoms with van der Waals surface area (Å²) in [5, 5.41) is 8.65. The van der Waals surface area contributed by atoms with Crippen LogP contribution >= 0.6 is 0 Å². The topological polar surface area (TPSA) is 57.6 Å². The van der Waals surface area contributed by atoms with E-state index in [9.17, 15) is 18.4 Å². The molecule has 1 amide bonds. The molecule has 1 aromatic rings. The Morgan fingerprint density at radius 2 is 1.95 bits per heavy atom. The SMILES string of the molecule is CCN(CC(=O)O)C(=O)CCCc1ccc(F)c(F)c1. The predicted octanol–water partition coefficient (Wildman–Crippen LogP) is 2.22. The lowest BCUT2D eigenvalue weighted by Gasteiger charge is -2.18. The fourth-order valence-electron chi connectivity index (χ4n) is 1.84. The first kappa shape index (κ1) is 16.1. The third-order valence-corrected chi connectivity index (χ3v) is 2.90. The van der Waals surface area contributed by atoms with Crippen LogP contribution in [0.4, 0.5) is 8.78 Å². The molecule has 0 spiro atoms. The van der Waals surface area contributed by atoms with Gasteiger partial charge >= 0.3 is 5.97 Å². The van der Waals surface area contributed by atoms with Crippen LogP contribution in [0.1, 0.15) is 25.3 Å². The first-order valence-corrected chi connectivity index (χ1v) is 6.37. The fraction of sp³-hybridized carbons (Fsp3) is 0.429. The monoisotopic (exact) mass is 285 g/mol. The molecular formula is C14H17F2NO3. The Morgan fingerprint density at radius 1 is 1.25 bits per heavy atom. The maximum atomic E-state index is 13.0. The van der Waals surface area contributed by atoms with Crippen molar-refractivity contribution in [1.29, 1.82) is 0 Å². The number of carbonyl (C=O) groups excluding carboxylic acids is 1. The highest BCUT2D eigenvalue weighted by Gasteiger charge is 2.14. The van der Waals surface area contributed by atoms with Gasteiger partial charge in [-0.05, 0) is 37.5 Å². The van der Waals surface area contributed by atoms with Gasteiger partial charge in [0.2, 0.25) is 5.91 Å². The number of carboxylic acid groups (broad SMARTS) is 1. The minimum absolute atomic E-state index is 0.181. The molecular weight excluding hydrogens is 268 g/mol. The second-order valence-corrected chi connectivity index (χ2v) is 4.40. The number of hydrogen-bond donors (Lipinski definition) is 1. The quantitative estimate of drug-likeness (QED) is 0.835. The number of carbonyl (C=O) groups is 2. The molecule has 1 rings (SSSR count). The van der Waals surface area contributed by atoms with E-state index < -0.39 is 17.6 Å². The van der Waals surface area contributed by atoms with Crippen LogP contribution in [0.3, 0.4) is 0 Å². The molecule has 1 N–H and O–H groups in total. The molecule has 0 saturated heterocycles. The summed E-state index contributed by atoms with van der Waals surface area (Å²) in [6.07, 6.45) is 1.08. The van der Waals surface area contributed by atoms with Gasteiger partial charge in [0.25, 0.3) is 0 Å². The minimum atomic E-state index is -1.05. The van der Waals surface area contributed by atoms with Crippen LogP contribution in [0.25, 0.3) is 0 Å². The van der Waals surface area contributed by atoms with Crippen LogP contribution in [0.5, 0.6) is 0 Å². The summed E-state index contributed by atoms with van der Waals surface area (Å²) in [5.74, 6) is -3.11. The predicted molar refractivity (Wildman–Crippen MR) is 69.2 cm³/mol. The third-order valence-electron chi connectivity index (χ3n) is 2.90. The van der Waals surface area contributed by atoms with Gasteiger partial charge in [0.15, 0.2) is 11.6 Å². The zero-order chi connectivity index (χ0) is 15.1. The molecule has 0 radical (unpaired) electrons. The maximum Gasteiger partial charge on any atom is 0.323 e. The van der Waals surface area contributed by atoms with E-state index in [1.807, 2.05) is 0 Å². The highest BCUT2D eigenvalue weighted by atomic mass is 19.2. The van der Waals surface area contributed by atoms with E-state index in [1.54, 1.807) is 6.92 Å². The van der Waals surface area contributed by atoms with Crippen LogP contribution in [-0.4, -0.2) is 35.0 Å². The number of aryl methyl sites for hydroxylation is 1. The number of likely N-dealkylation sites (N-methyl/N-ethyl adjacent to an activating group) is 1. The summed E-state index contributed by atoms with van der Waals surface area (Å²) in [7, 11) is 0. The number of carboxylic acids is 1. The average molecular weight is 285 g/mol. The molecule has 0 unspecified atom stereocenters. The lowest BCUT2D eigenvalue weighted by atomic mass is 10.1. The summed E-state index contributed by atoms with van der Waals surface area (Å²) in [6.45, 7) is 1.72. The molecule has 6 heteroatoms. The van der Waals surface area contributed by atoms with Gasteiger partial charge in [0.1, 0.15) is 6.54 Å². The van der Waals surface area contributed by atoms with Crippen molar-refractivity contribution in [3.05, 3.63) is 35.4 Å². The molecule has 0 fully saturated rings. The van der Waals surface area contributed by atoms with Crippen molar-refractivity contribution in [3.63, 3.8) is 0 Å². The molecule has 0 heterocycles. The van der Waals surface area contributed by atoms with E-state index in [0.717, 1.165) is 12.1 Å². The molecule has 0 atom stereocenters. The highest BCUT2D eigenvalue weighted by molar-refractivity contribution is 5.81. The Hall–Kier alpha value is -1.98. The number of nitrogens with zero attached hydrogens (tertiary/aromatic N) is 1. The zero-order valence-electron chi connectivity index (χ0n) is 11.2. The van der Waals surface area contributed by atoms with Crippen LogP contribution < -0.4 is 0 Å². The molecule has 0 aliphatic carbocycles. The van der Waals surface area contributed by atoms with Crippen LogP contribution in [0, 0.1) is 11.6 Å². The Bertz CT molecular complexity index is 491. The molecule has 0 aliphatic rings. The Morgan fingerprint density at radius 3 is 2.50 bits per heavy atom. The summed E-state index contributed by atoms with van der Waals surface area (Å²) in [6, 6.07) is 3.63. The number of rotatable bonds is 7. The van der Waals surface area contributed by atoms with E-state index in [2.05, 4.69) is 0 Å². The van der Waals surface area contributed by atoms with Crippen molar-refractivity contribution in [2.75, 3.05) is 13.1 Å². The summed E-state index contributed by atoms with van der Waals surface area (Å²) in [4.78, 5) is 23.6. The van der Waals surface area contributed by atoms with Gasteiger partial charge in [-0.2, -0.15) is 0 Å². The van der Waals surface area contributed by atoms with Crippen LogP contribution in [0.2, 0.25) is 0 Å². The van der Waals surface area contributed by atoms with Gasteiger partial charge in [0.05, 0.1) is 0 Å². The van der Waals surface area contributed by atoms with Crippen molar-refractivity contribution < 1.29 is 23.5 Å². The van der Waals surface area contributed by atoms with Gasteiger partial charge < -0.3 is 10.0 Å². The number of halogens is 2. The Labute approximate surface area is 116 Å². The molecule has 0 bridgehead atoms. The Kier molecular flexibility index (Phi) is 6.09. The summed E-state index contributed by atoms with van der Waals surface area (Å²) in [5.41, 5.74) is 0.609. The van der Waals surface area contributed by atoms with Crippen molar-refractivity contribution in [1.82, 2.24) is 4.90 Å². The highest BCUT2D eigenvalue weighted by Crippen LogP contribution is 2.11. The second-order valence-electron chi connectivity index (χ2n) is 4.40. The fourth-order valence-corrected chi connectivity index (χ4v) is 1.84. The van der Waals surface area contributed by atoms with Gasteiger partial charge in [-0.1, -0.05) is 6.07 Å². The van der Waals surface area contributed by atoms with Crippen LogP contribution in [-0.2, 0) is 16.0 Å². The molecule has 4 nitrogen and oxygen atoms in total. The van der Waals surface area contributed by atoms with E-state index in [-0.39, 0.29) is 18.9 Å². The first-order valence-electron chi connectivity index (χ1n) is 6.37. The molecule has 0 aromatic heterocycles. The minimum Gasteiger partial charge on any atom is -0.480 e. The lowest BCUT2D eigenvalue weighted by molar-refractivity contribution is -0.144. The number of aliphatic carboxylic acids is 1. The summed E-state index contributed by atoms with van der Waals surface area (Å²) >= 11 is 0. The third kappa shape index (κ3) is 4.95.